The molecule has 1 aliphatic heterocycles. The van der Waals surface area contributed by atoms with Crippen LogP contribution in [0, 0.1) is 5.92 Å². The number of hydrogen-bond donors (Lipinski definition) is 1. The molecule has 0 saturated carbocycles. The topological polar surface area (TPSA) is 21.3 Å². The van der Waals surface area contributed by atoms with Crippen LogP contribution >= 0.6 is 0 Å². The van der Waals surface area contributed by atoms with Crippen molar-refractivity contribution in [1.82, 2.24) is 5.32 Å². The van der Waals surface area contributed by atoms with Crippen molar-refractivity contribution in [3.05, 3.63) is 96.1 Å². The summed E-state index contributed by atoms with van der Waals surface area (Å²) in [6.07, 6.45) is 2.29. The van der Waals surface area contributed by atoms with Crippen LogP contribution in [0.4, 0.5) is 0 Å². The molecular weight excluding hydrogens is 306 g/mol. The Kier molecular flexibility index (Phi) is 4.80. The summed E-state index contributed by atoms with van der Waals surface area (Å²) in [4.78, 5) is 0. The molecule has 4 rings (SSSR count). The fourth-order valence-electron chi connectivity index (χ4n) is 3.70. The van der Waals surface area contributed by atoms with Crippen molar-refractivity contribution in [1.29, 1.82) is 0 Å². The molecule has 1 saturated heterocycles. The molecule has 0 bridgehead atoms. The molecule has 25 heavy (non-hydrogen) atoms. The van der Waals surface area contributed by atoms with Gasteiger partial charge in [-0.1, -0.05) is 66.7 Å². The fraction of sp³-hybridized carbons (Fsp3) is 0.217. The van der Waals surface area contributed by atoms with E-state index in [1.165, 1.54) is 17.5 Å². The Bertz CT molecular complexity index is 801. The van der Waals surface area contributed by atoms with Gasteiger partial charge in [0.15, 0.2) is 0 Å². The molecule has 2 nitrogen and oxygen atoms in total. The van der Waals surface area contributed by atoms with E-state index in [1.54, 1.807) is 0 Å². The van der Waals surface area contributed by atoms with Crippen LogP contribution in [0.25, 0.3) is 0 Å². The van der Waals surface area contributed by atoms with Gasteiger partial charge in [-0.3, -0.25) is 0 Å². The summed E-state index contributed by atoms with van der Waals surface area (Å²) in [5, 5.41) is 3.69. The Hall–Kier alpha value is -2.58. The summed E-state index contributed by atoms with van der Waals surface area (Å²) in [6, 6.07) is 29.5. The van der Waals surface area contributed by atoms with Gasteiger partial charge in [0.25, 0.3) is 0 Å². The summed E-state index contributed by atoms with van der Waals surface area (Å²) in [6.45, 7) is 1.06. The van der Waals surface area contributed by atoms with E-state index in [4.69, 9.17) is 4.74 Å². The van der Waals surface area contributed by atoms with Gasteiger partial charge in [0.1, 0.15) is 11.5 Å². The van der Waals surface area contributed by atoms with Gasteiger partial charge in [-0.2, -0.15) is 0 Å². The lowest BCUT2D eigenvalue weighted by Gasteiger charge is -2.22. The van der Waals surface area contributed by atoms with Crippen LogP contribution in [0.2, 0.25) is 0 Å². The van der Waals surface area contributed by atoms with Crippen molar-refractivity contribution in [2.24, 2.45) is 5.92 Å². The quantitative estimate of drug-likeness (QED) is 0.679. The molecule has 0 aromatic heterocycles. The summed E-state index contributed by atoms with van der Waals surface area (Å²) in [5.74, 6) is 2.42. The highest BCUT2D eigenvalue weighted by Gasteiger charge is 2.30. The second kappa shape index (κ2) is 7.54. The highest BCUT2D eigenvalue weighted by molar-refractivity contribution is 5.40. The van der Waals surface area contributed by atoms with Gasteiger partial charge in [-0.05, 0) is 49.1 Å². The highest BCUT2D eigenvalue weighted by atomic mass is 16.5. The van der Waals surface area contributed by atoms with Crippen LogP contribution in [-0.4, -0.2) is 6.54 Å². The molecule has 1 fully saturated rings. The minimum atomic E-state index is 0.333. The molecule has 2 atom stereocenters. The average Bonchev–Trinajstić information content (AvgIpc) is 3.12. The maximum Gasteiger partial charge on any atom is 0.132 e. The number of hydrogen-bond acceptors (Lipinski definition) is 2. The van der Waals surface area contributed by atoms with Gasteiger partial charge in [0, 0.05) is 11.6 Å². The predicted octanol–water partition coefficient (Wildman–Crippen LogP) is 5.37. The molecule has 0 spiro atoms. The summed E-state index contributed by atoms with van der Waals surface area (Å²) < 4.78 is 6.18. The second-order valence-corrected chi connectivity index (χ2v) is 6.62. The van der Waals surface area contributed by atoms with E-state index in [0.717, 1.165) is 24.5 Å². The molecule has 2 unspecified atom stereocenters. The van der Waals surface area contributed by atoms with Gasteiger partial charge < -0.3 is 10.1 Å². The van der Waals surface area contributed by atoms with Crippen molar-refractivity contribution in [2.45, 2.75) is 18.9 Å². The van der Waals surface area contributed by atoms with Gasteiger partial charge in [-0.25, -0.2) is 0 Å². The molecular formula is C23H23NO. The van der Waals surface area contributed by atoms with E-state index in [1.807, 2.05) is 36.4 Å². The van der Waals surface area contributed by atoms with Crippen molar-refractivity contribution in [3.8, 4) is 11.5 Å². The molecule has 1 aliphatic rings. The Morgan fingerprint density at radius 3 is 2.28 bits per heavy atom. The highest BCUT2D eigenvalue weighted by Crippen LogP contribution is 2.38. The smallest absolute Gasteiger partial charge is 0.132 e. The lowest BCUT2D eigenvalue weighted by molar-refractivity contribution is 0.425. The molecule has 0 amide bonds. The minimum absolute atomic E-state index is 0.333. The molecule has 0 radical (unpaired) electrons. The normalized spacial score (nSPS) is 19.7. The monoisotopic (exact) mass is 329 g/mol. The molecule has 1 heterocycles. The standard InChI is InChI=1S/C23H23NO/c1-3-9-18(10-4-1)17-19-15-16-24-23(19)21-13-7-8-14-22(21)25-20-11-5-2-6-12-20/h1-14,19,23-24H,15-17H2. The first-order valence-electron chi connectivity index (χ1n) is 8.99. The predicted molar refractivity (Wildman–Crippen MR) is 102 cm³/mol. The van der Waals surface area contributed by atoms with E-state index < -0.39 is 0 Å². The Balaban J connectivity index is 1.58. The number of rotatable bonds is 5. The zero-order chi connectivity index (χ0) is 16.9. The van der Waals surface area contributed by atoms with Crippen LogP contribution in [0.1, 0.15) is 23.6 Å². The third-order valence-corrected chi connectivity index (χ3v) is 4.92. The van der Waals surface area contributed by atoms with E-state index in [-0.39, 0.29) is 0 Å². The van der Waals surface area contributed by atoms with Crippen LogP contribution < -0.4 is 10.1 Å². The summed E-state index contributed by atoms with van der Waals surface area (Å²) >= 11 is 0. The first-order valence-corrected chi connectivity index (χ1v) is 8.99. The molecule has 0 aliphatic carbocycles. The zero-order valence-corrected chi connectivity index (χ0v) is 14.3. The lowest BCUT2D eigenvalue weighted by Crippen LogP contribution is -2.19. The van der Waals surface area contributed by atoms with E-state index >= 15 is 0 Å². The number of nitrogens with one attached hydrogen (secondary N) is 1. The number of benzene rings is 3. The maximum absolute atomic E-state index is 6.18. The van der Waals surface area contributed by atoms with Gasteiger partial charge >= 0.3 is 0 Å². The average molecular weight is 329 g/mol. The largest absolute Gasteiger partial charge is 0.457 e. The SMILES string of the molecule is c1ccc(CC2CCNC2c2ccccc2Oc2ccccc2)cc1. The molecule has 1 N–H and O–H groups in total. The Labute approximate surface area is 149 Å². The number of para-hydroxylation sites is 2. The molecule has 126 valence electrons. The first-order chi connectivity index (χ1) is 12.4. The van der Waals surface area contributed by atoms with E-state index in [0.29, 0.717) is 12.0 Å². The third-order valence-electron chi connectivity index (χ3n) is 4.92. The van der Waals surface area contributed by atoms with Crippen molar-refractivity contribution < 1.29 is 4.74 Å². The summed E-state index contributed by atoms with van der Waals surface area (Å²) in [7, 11) is 0. The maximum atomic E-state index is 6.18. The van der Waals surface area contributed by atoms with Crippen LogP contribution in [0.15, 0.2) is 84.9 Å². The first kappa shape index (κ1) is 15.9. The number of ether oxygens (including phenoxy) is 1. The summed E-state index contributed by atoms with van der Waals surface area (Å²) in [5.41, 5.74) is 2.66. The second-order valence-electron chi connectivity index (χ2n) is 6.62. The zero-order valence-electron chi connectivity index (χ0n) is 14.3. The molecule has 3 aromatic carbocycles. The van der Waals surface area contributed by atoms with Crippen LogP contribution in [0.5, 0.6) is 11.5 Å². The Morgan fingerprint density at radius 1 is 0.800 bits per heavy atom. The van der Waals surface area contributed by atoms with Crippen molar-refractivity contribution in [2.75, 3.05) is 6.54 Å². The Morgan fingerprint density at radius 2 is 1.48 bits per heavy atom. The fourth-order valence-corrected chi connectivity index (χ4v) is 3.70. The van der Waals surface area contributed by atoms with Gasteiger partial charge in [0.05, 0.1) is 0 Å². The van der Waals surface area contributed by atoms with Crippen molar-refractivity contribution >= 4 is 0 Å². The molecule has 2 heteroatoms. The minimum Gasteiger partial charge on any atom is -0.457 e. The molecule has 3 aromatic rings. The van der Waals surface area contributed by atoms with Crippen molar-refractivity contribution in [3.63, 3.8) is 0 Å². The van der Waals surface area contributed by atoms with Gasteiger partial charge in [-0.15, -0.1) is 0 Å². The van der Waals surface area contributed by atoms with Gasteiger partial charge in [0.2, 0.25) is 0 Å². The third kappa shape index (κ3) is 3.75. The van der Waals surface area contributed by atoms with Crippen LogP contribution in [0.3, 0.4) is 0 Å². The lowest BCUT2D eigenvalue weighted by atomic mass is 9.88. The van der Waals surface area contributed by atoms with E-state index in [2.05, 4.69) is 53.8 Å². The van der Waals surface area contributed by atoms with Crippen LogP contribution in [-0.2, 0) is 6.42 Å². The van der Waals surface area contributed by atoms with E-state index in [9.17, 15) is 0 Å².